The van der Waals surface area contributed by atoms with Crippen LogP contribution in [0.15, 0.2) is 146 Å². The largest absolute Gasteiger partial charge is 0.462 e. The van der Waals surface area contributed by atoms with Gasteiger partial charge in [-0.05, 0) is 128 Å². The highest BCUT2D eigenvalue weighted by molar-refractivity contribution is 5.71. The smallest absolute Gasteiger partial charge is 0.306 e. The number of rotatable bonds is 47. The van der Waals surface area contributed by atoms with Crippen molar-refractivity contribution in [2.75, 3.05) is 13.2 Å². The highest BCUT2D eigenvalue weighted by atomic mass is 16.6. The Labute approximate surface area is 423 Å². The molecule has 0 heterocycles. The summed E-state index contributed by atoms with van der Waals surface area (Å²) in [6.07, 6.45) is 79.9. The van der Waals surface area contributed by atoms with E-state index < -0.39 is 6.10 Å². The van der Waals surface area contributed by atoms with Crippen LogP contribution in [0.3, 0.4) is 0 Å². The first-order valence-electron chi connectivity index (χ1n) is 27.3. The Hall–Kier alpha value is -4.71. The average molecular weight is 951 g/mol. The minimum absolute atomic E-state index is 0.128. The van der Waals surface area contributed by atoms with Crippen LogP contribution in [0, 0.1) is 0 Å². The van der Waals surface area contributed by atoms with Gasteiger partial charge in [-0.1, -0.05) is 212 Å². The molecule has 0 spiro atoms. The molecule has 0 aliphatic heterocycles. The van der Waals surface area contributed by atoms with Crippen molar-refractivity contribution in [3.8, 4) is 0 Å². The lowest BCUT2D eigenvalue weighted by Gasteiger charge is -2.18. The first-order valence-corrected chi connectivity index (χ1v) is 27.3. The lowest BCUT2D eigenvalue weighted by Crippen LogP contribution is -2.30. The van der Waals surface area contributed by atoms with Gasteiger partial charge in [0.05, 0.1) is 0 Å². The number of hydrogen-bond donors (Lipinski definition) is 0. The Balaban J connectivity index is 4.58. The number of carbonyl (C=O) groups excluding carboxylic acids is 3. The molecule has 69 heavy (non-hydrogen) atoms. The molecule has 0 aromatic rings. The van der Waals surface area contributed by atoms with Crippen LogP contribution in [0.2, 0.25) is 0 Å². The highest BCUT2D eigenvalue weighted by Gasteiger charge is 2.19. The van der Waals surface area contributed by atoms with Gasteiger partial charge in [0.1, 0.15) is 13.2 Å². The summed E-state index contributed by atoms with van der Waals surface area (Å²) in [4.78, 5) is 38.1. The van der Waals surface area contributed by atoms with Crippen LogP contribution < -0.4 is 0 Å². The van der Waals surface area contributed by atoms with E-state index in [1.54, 1.807) is 0 Å². The van der Waals surface area contributed by atoms with Gasteiger partial charge < -0.3 is 14.2 Å². The normalized spacial score (nSPS) is 13.3. The molecule has 0 rings (SSSR count). The third-order valence-corrected chi connectivity index (χ3v) is 10.8. The molecule has 0 N–H and O–H groups in total. The maximum atomic E-state index is 12.8. The van der Waals surface area contributed by atoms with Gasteiger partial charge in [-0.3, -0.25) is 14.4 Å². The van der Waals surface area contributed by atoms with Crippen LogP contribution in [0.1, 0.15) is 213 Å². The molecule has 0 radical (unpaired) electrons. The van der Waals surface area contributed by atoms with Crippen LogP contribution in [-0.4, -0.2) is 37.2 Å². The van der Waals surface area contributed by atoms with Gasteiger partial charge in [0.25, 0.3) is 0 Å². The Morgan fingerprint density at radius 3 is 0.986 bits per heavy atom. The molecule has 6 nitrogen and oxygen atoms in total. The topological polar surface area (TPSA) is 78.9 Å². The molecule has 0 saturated heterocycles. The third-order valence-electron chi connectivity index (χ3n) is 10.8. The molecular formula is C63H98O6. The van der Waals surface area contributed by atoms with E-state index in [9.17, 15) is 14.4 Å². The summed E-state index contributed by atoms with van der Waals surface area (Å²) < 4.78 is 16.7. The summed E-state index contributed by atoms with van der Waals surface area (Å²) in [5, 5.41) is 0. The number of esters is 3. The van der Waals surface area contributed by atoms with Crippen LogP contribution in [0.5, 0.6) is 0 Å². The van der Waals surface area contributed by atoms with Crippen LogP contribution >= 0.6 is 0 Å². The zero-order valence-electron chi connectivity index (χ0n) is 44.0. The van der Waals surface area contributed by atoms with E-state index in [1.807, 2.05) is 12.2 Å². The molecule has 1 unspecified atom stereocenters. The average Bonchev–Trinajstić information content (AvgIpc) is 3.35. The van der Waals surface area contributed by atoms with Crippen LogP contribution in [0.4, 0.5) is 0 Å². The first-order chi connectivity index (χ1) is 34.0. The molecule has 6 heteroatoms. The lowest BCUT2D eigenvalue weighted by atomic mass is 10.1. The van der Waals surface area contributed by atoms with Gasteiger partial charge >= 0.3 is 17.9 Å². The van der Waals surface area contributed by atoms with Crippen molar-refractivity contribution in [1.82, 2.24) is 0 Å². The summed E-state index contributed by atoms with van der Waals surface area (Å²) in [5.41, 5.74) is 0. The van der Waals surface area contributed by atoms with Crippen molar-refractivity contribution in [3.63, 3.8) is 0 Å². The number of carbonyl (C=O) groups is 3. The summed E-state index contributed by atoms with van der Waals surface area (Å²) in [6, 6.07) is 0. The molecule has 386 valence electrons. The first kappa shape index (κ1) is 64.3. The van der Waals surface area contributed by atoms with Crippen molar-refractivity contribution in [3.05, 3.63) is 146 Å². The summed E-state index contributed by atoms with van der Waals surface area (Å²) in [6.45, 7) is 6.26. The maximum absolute atomic E-state index is 12.8. The van der Waals surface area contributed by atoms with E-state index in [-0.39, 0.29) is 44.0 Å². The summed E-state index contributed by atoms with van der Waals surface area (Å²) >= 11 is 0. The Bertz CT molecular complexity index is 1560. The summed E-state index contributed by atoms with van der Waals surface area (Å²) in [5.74, 6) is -1.06. The van der Waals surface area contributed by atoms with Gasteiger partial charge in [-0.2, -0.15) is 0 Å². The number of unbranched alkanes of at least 4 members (excludes halogenated alkanes) is 12. The quantitative estimate of drug-likeness (QED) is 0.0262. The third kappa shape index (κ3) is 54.1. The van der Waals surface area contributed by atoms with Gasteiger partial charge in [-0.15, -0.1) is 0 Å². The molecule has 0 aromatic heterocycles. The van der Waals surface area contributed by atoms with E-state index in [4.69, 9.17) is 14.2 Å². The fourth-order valence-corrected chi connectivity index (χ4v) is 6.78. The molecular weight excluding hydrogens is 853 g/mol. The van der Waals surface area contributed by atoms with Crippen molar-refractivity contribution in [2.45, 2.75) is 219 Å². The maximum Gasteiger partial charge on any atom is 0.306 e. The molecule has 0 bridgehead atoms. The number of ether oxygens (including phenoxy) is 3. The van der Waals surface area contributed by atoms with Crippen molar-refractivity contribution >= 4 is 17.9 Å². The zero-order chi connectivity index (χ0) is 50.0. The van der Waals surface area contributed by atoms with E-state index in [1.165, 1.54) is 38.5 Å². The van der Waals surface area contributed by atoms with Gasteiger partial charge in [0, 0.05) is 19.3 Å². The van der Waals surface area contributed by atoms with E-state index >= 15 is 0 Å². The fraction of sp³-hybridized carbons (Fsp3) is 0.571. The second-order valence-electron chi connectivity index (χ2n) is 17.4. The van der Waals surface area contributed by atoms with E-state index in [0.29, 0.717) is 12.8 Å². The van der Waals surface area contributed by atoms with Crippen molar-refractivity contribution in [1.29, 1.82) is 0 Å². The van der Waals surface area contributed by atoms with E-state index in [2.05, 4.69) is 154 Å². The van der Waals surface area contributed by atoms with Crippen LogP contribution in [-0.2, 0) is 28.6 Å². The van der Waals surface area contributed by atoms with Gasteiger partial charge in [-0.25, -0.2) is 0 Å². The predicted octanol–water partition coefficient (Wildman–Crippen LogP) is 18.4. The Morgan fingerprint density at radius 1 is 0.304 bits per heavy atom. The van der Waals surface area contributed by atoms with E-state index in [0.717, 1.165) is 128 Å². The van der Waals surface area contributed by atoms with Crippen molar-refractivity contribution < 1.29 is 28.6 Å². The van der Waals surface area contributed by atoms with Gasteiger partial charge in [0.15, 0.2) is 6.10 Å². The molecule has 0 aromatic carbocycles. The molecule has 0 saturated carbocycles. The second-order valence-corrected chi connectivity index (χ2v) is 17.4. The molecule has 0 fully saturated rings. The standard InChI is InChI=1S/C63H98O6/c1-4-7-10-13-16-19-22-25-27-29-31-33-35-38-41-44-47-50-53-56-62(65)68-59-60(58-67-61(64)55-52-49-46-43-40-37-24-21-18-15-12-9-6-3)69-63(66)57-54-51-48-45-42-39-36-34-32-30-28-26-23-20-17-14-11-8-5-2/h7,9-10,12,16-21,25-28,31-34,37-38,40-41,47,50,60H,4-6,8,11,13-15,22-24,29-30,35-36,39,42-46,48-49,51-59H2,1-3H3/b10-7-,12-9-,19-16-,20-17-,21-18-,27-25-,28-26-,33-31-,34-32-,40-37-,41-38-,50-47-. The summed E-state index contributed by atoms with van der Waals surface area (Å²) in [7, 11) is 0. The second kappa shape index (κ2) is 55.9. The minimum Gasteiger partial charge on any atom is -0.462 e. The zero-order valence-corrected chi connectivity index (χ0v) is 44.0. The molecule has 0 aliphatic carbocycles. The highest BCUT2D eigenvalue weighted by Crippen LogP contribution is 2.12. The number of hydrogen-bond acceptors (Lipinski definition) is 6. The SMILES string of the molecule is CC/C=C\C/C=C\C/C=C\C/C=C\C/C=C\C/C=C\CCC(=O)OCC(COC(=O)CCCCC/C=C\C/C=C\C/C=C\CC)OC(=O)CCCCCCCC/C=C\C/C=C\C/C=C\CCCCC. The Kier molecular flexibility index (Phi) is 52.1. The molecule has 0 amide bonds. The van der Waals surface area contributed by atoms with Crippen molar-refractivity contribution in [2.24, 2.45) is 0 Å². The monoisotopic (exact) mass is 951 g/mol. The molecule has 1 atom stereocenters. The fourth-order valence-electron chi connectivity index (χ4n) is 6.78. The van der Waals surface area contributed by atoms with Gasteiger partial charge in [0.2, 0.25) is 0 Å². The Morgan fingerprint density at radius 2 is 0.594 bits per heavy atom. The van der Waals surface area contributed by atoms with Crippen LogP contribution in [0.25, 0.3) is 0 Å². The minimum atomic E-state index is -0.834. The number of allylic oxidation sites excluding steroid dienone is 24. The molecule has 0 aliphatic rings. The predicted molar refractivity (Wildman–Crippen MR) is 297 cm³/mol. The lowest BCUT2D eigenvalue weighted by molar-refractivity contribution is -0.166.